The maximum atomic E-state index is 10.9. The first-order valence-electron chi connectivity index (χ1n) is 6.26. The lowest BCUT2D eigenvalue weighted by Gasteiger charge is -2.12. The lowest BCUT2D eigenvalue weighted by Crippen LogP contribution is -2.18. The van der Waals surface area contributed by atoms with Crippen molar-refractivity contribution >= 4 is 31.6 Å². The van der Waals surface area contributed by atoms with E-state index in [1.54, 1.807) is 6.07 Å². The summed E-state index contributed by atoms with van der Waals surface area (Å²) in [4.78, 5) is 10.2. The maximum absolute atomic E-state index is 10.9. The average Bonchev–Trinajstić information content (AvgIpc) is 2.37. The van der Waals surface area contributed by atoms with Gasteiger partial charge < -0.3 is 4.74 Å². The normalized spacial score (nSPS) is 12.9. The standard InChI is InChI=1S/C12H17BrN2O5S/c1-9(5-7-21(14,18)19)4-6-20-12-8-10(15(16)17)2-3-11(12)13/h2-3,8-9H,4-7H2,1H3,(H2,14,18,19). The van der Waals surface area contributed by atoms with Gasteiger partial charge >= 0.3 is 0 Å². The summed E-state index contributed by atoms with van der Waals surface area (Å²) in [6.07, 6.45) is 1.09. The number of sulfonamides is 1. The smallest absolute Gasteiger partial charge is 0.273 e. The largest absolute Gasteiger partial charge is 0.492 e. The van der Waals surface area contributed by atoms with Crippen LogP contribution in [0.25, 0.3) is 0 Å². The van der Waals surface area contributed by atoms with Crippen LogP contribution in [-0.4, -0.2) is 25.7 Å². The van der Waals surface area contributed by atoms with Gasteiger partial charge in [-0.25, -0.2) is 13.6 Å². The van der Waals surface area contributed by atoms with Crippen LogP contribution < -0.4 is 9.88 Å². The van der Waals surface area contributed by atoms with Gasteiger partial charge in [-0.15, -0.1) is 0 Å². The molecule has 0 fully saturated rings. The molecular weight excluding hydrogens is 364 g/mol. The number of halogens is 1. The molecule has 1 aromatic carbocycles. The predicted molar refractivity (Wildman–Crippen MR) is 82.7 cm³/mol. The lowest BCUT2D eigenvalue weighted by atomic mass is 10.1. The molecule has 0 aliphatic carbocycles. The first-order chi connectivity index (χ1) is 9.69. The Morgan fingerprint density at radius 2 is 2.10 bits per heavy atom. The van der Waals surface area contributed by atoms with Gasteiger partial charge in [0.1, 0.15) is 5.75 Å². The number of hydrogen-bond donors (Lipinski definition) is 1. The molecule has 1 aromatic rings. The highest BCUT2D eigenvalue weighted by molar-refractivity contribution is 9.10. The van der Waals surface area contributed by atoms with E-state index < -0.39 is 14.9 Å². The van der Waals surface area contributed by atoms with Gasteiger partial charge in [0.25, 0.3) is 5.69 Å². The van der Waals surface area contributed by atoms with Gasteiger partial charge in [0.05, 0.1) is 27.8 Å². The number of non-ortho nitro benzene ring substituents is 1. The zero-order chi connectivity index (χ0) is 16.0. The summed E-state index contributed by atoms with van der Waals surface area (Å²) < 4.78 is 27.8. The predicted octanol–water partition coefficient (Wildman–Crippen LogP) is 2.44. The van der Waals surface area contributed by atoms with E-state index in [1.165, 1.54) is 12.1 Å². The van der Waals surface area contributed by atoms with Crippen molar-refractivity contribution in [2.75, 3.05) is 12.4 Å². The Labute approximate surface area is 131 Å². The minimum Gasteiger partial charge on any atom is -0.492 e. The molecule has 21 heavy (non-hydrogen) atoms. The number of primary sulfonamides is 1. The van der Waals surface area contributed by atoms with E-state index in [9.17, 15) is 18.5 Å². The molecule has 7 nitrogen and oxygen atoms in total. The van der Waals surface area contributed by atoms with Crippen LogP contribution in [0.5, 0.6) is 5.75 Å². The van der Waals surface area contributed by atoms with Gasteiger partial charge in [0.2, 0.25) is 10.0 Å². The SMILES string of the molecule is CC(CCOc1cc([N+](=O)[O-])ccc1Br)CCS(N)(=O)=O. The van der Waals surface area contributed by atoms with E-state index in [-0.39, 0.29) is 17.4 Å². The Balaban J connectivity index is 2.48. The number of nitrogens with zero attached hydrogens (tertiary/aromatic N) is 1. The Morgan fingerprint density at radius 1 is 1.43 bits per heavy atom. The van der Waals surface area contributed by atoms with Gasteiger partial charge in [-0.1, -0.05) is 6.92 Å². The van der Waals surface area contributed by atoms with E-state index >= 15 is 0 Å². The van der Waals surface area contributed by atoms with Crippen molar-refractivity contribution in [1.82, 2.24) is 0 Å². The number of nitro groups is 1. The second kappa shape index (κ2) is 7.71. The van der Waals surface area contributed by atoms with Gasteiger partial charge in [0.15, 0.2) is 0 Å². The first kappa shape index (κ1) is 17.9. The summed E-state index contributed by atoms with van der Waals surface area (Å²) in [5.74, 6) is 0.456. The fourth-order valence-corrected chi connectivity index (χ4v) is 2.69. The van der Waals surface area contributed by atoms with Crippen LogP contribution in [0.1, 0.15) is 19.8 Å². The third-order valence-corrected chi connectivity index (χ3v) is 4.35. The molecule has 0 aliphatic rings. The fraction of sp³-hybridized carbons (Fsp3) is 0.500. The van der Waals surface area contributed by atoms with Gasteiger partial charge in [-0.3, -0.25) is 10.1 Å². The summed E-state index contributed by atoms with van der Waals surface area (Å²) in [5.41, 5.74) is -0.0459. The molecule has 0 spiro atoms. The van der Waals surface area contributed by atoms with Crippen LogP contribution in [0.2, 0.25) is 0 Å². The van der Waals surface area contributed by atoms with Crippen molar-refractivity contribution in [2.45, 2.75) is 19.8 Å². The third-order valence-electron chi connectivity index (χ3n) is 2.89. The van der Waals surface area contributed by atoms with E-state index in [1.807, 2.05) is 6.92 Å². The van der Waals surface area contributed by atoms with Crippen molar-refractivity contribution in [3.05, 3.63) is 32.8 Å². The molecule has 1 unspecified atom stereocenters. The molecule has 0 bridgehead atoms. The third kappa shape index (κ3) is 6.87. The zero-order valence-corrected chi connectivity index (χ0v) is 13.9. The molecular formula is C12H17BrN2O5S. The molecule has 0 radical (unpaired) electrons. The Kier molecular flexibility index (Phi) is 6.56. The van der Waals surface area contributed by atoms with E-state index in [4.69, 9.17) is 9.88 Å². The molecule has 0 saturated heterocycles. The van der Waals surface area contributed by atoms with Crippen LogP contribution in [0.4, 0.5) is 5.69 Å². The van der Waals surface area contributed by atoms with E-state index in [0.29, 0.717) is 29.7 Å². The number of rotatable bonds is 8. The maximum Gasteiger partial charge on any atom is 0.273 e. The minimum absolute atomic E-state index is 0.0459. The highest BCUT2D eigenvalue weighted by Crippen LogP contribution is 2.29. The van der Waals surface area contributed by atoms with Gasteiger partial charge in [0, 0.05) is 6.07 Å². The molecule has 1 rings (SSSR count). The van der Waals surface area contributed by atoms with Crippen LogP contribution in [0.15, 0.2) is 22.7 Å². The van der Waals surface area contributed by atoms with Crippen LogP contribution in [0, 0.1) is 16.0 Å². The molecule has 9 heteroatoms. The minimum atomic E-state index is -3.44. The van der Waals surface area contributed by atoms with E-state index in [2.05, 4.69) is 15.9 Å². The number of hydrogen-bond acceptors (Lipinski definition) is 5. The van der Waals surface area contributed by atoms with Crippen molar-refractivity contribution < 1.29 is 18.1 Å². The Bertz CT molecular complexity index is 606. The van der Waals surface area contributed by atoms with E-state index in [0.717, 1.165) is 0 Å². The molecule has 0 aromatic heterocycles. The number of nitro benzene ring substituents is 1. The van der Waals surface area contributed by atoms with Crippen LogP contribution in [-0.2, 0) is 10.0 Å². The van der Waals surface area contributed by atoms with Crippen molar-refractivity contribution in [3.63, 3.8) is 0 Å². The molecule has 1 atom stereocenters. The van der Waals surface area contributed by atoms with Crippen molar-refractivity contribution in [1.29, 1.82) is 0 Å². The number of nitrogens with two attached hydrogens (primary N) is 1. The topological polar surface area (TPSA) is 113 Å². The summed E-state index contributed by atoms with van der Waals surface area (Å²) in [6.45, 7) is 2.24. The second-order valence-corrected chi connectivity index (χ2v) is 7.36. The van der Waals surface area contributed by atoms with Gasteiger partial charge in [-0.05, 0) is 40.8 Å². The van der Waals surface area contributed by atoms with Crippen LogP contribution in [0.3, 0.4) is 0 Å². The quantitative estimate of drug-likeness (QED) is 0.549. The summed E-state index contributed by atoms with van der Waals surface area (Å²) >= 11 is 3.26. The summed E-state index contributed by atoms with van der Waals surface area (Å²) in [7, 11) is -3.44. The monoisotopic (exact) mass is 380 g/mol. The molecule has 118 valence electrons. The van der Waals surface area contributed by atoms with Crippen molar-refractivity contribution in [2.24, 2.45) is 11.1 Å². The lowest BCUT2D eigenvalue weighted by molar-refractivity contribution is -0.385. The van der Waals surface area contributed by atoms with Crippen molar-refractivity contribution in [3.8, 4) is 5.75 Å². The molecule has 0 heterocycles. The molecule has 2 N–H and O–H groups in total. The first-order valence-corrected chi connectivity index (χ1v) is 8.77. The average molecular weight is 381 g/mol. The highest BCUT2D eigenvalue weighted by atomic mass is 79.9. The number of benzene rings is 1. The number of ether oxygens (including phenoxy) is 1. The van der Waals surface area contributed by atoms with Gasteiger partial charge in [-0.2, -0.15) is 0 Å². The zero-order valence-electron chi connectivity index (χ0n) is 11.5. The Morgan fingerprint density at radius 3 is 2.67 bits per heavy atom. The summed E-state index contributed by atoms with van der Waals surface area (Å²) in [6, 6.07) is 4.28. The van der Waals surface area contributed by atoms with Crippen LogP contribution >= 0.6 is 15.9 Å². The second-order valence-electron chi connectivity index (χ2n) is 4.77. The molecule has 0 aliphatic heterocycles. The Hall–Kier alpha value is -1.19. The molecule has 0 amide bonds. The highest BCUT2D eigenvalue weighted by Gasteiger charge is 2.12. The molecule has 0 saturated carbocycles. The summed E-state index contributed by atoms with van der Waals surface area (Å²) in [5, 5.41) is 15.6. The fourth-order valence-electron chi connectivity index (χ4n) is 1.60.